The molecule has 0 heterocycles. The van der Waals surface area contributed by atoms with Crippen molar-refractivity contribution in [1.82, 2.24) is 5.32 Å². The number of nitrogens with one attached hydrogen (secondary N) is 1. The molecular formula is C12H21NO2. The normalized spacial score (nSPS) is 26.0. The third kappa shape index (κ3) is 4.45. The molecule has 0 saturated heterocycles. The van der Waals surface area contributed by atoms with E-state index < -0.39 is 0 Å². The number of amides is 1. The molecule has 3 heteroatoms. The van der Waals surface area contributed by atoms with Gasteiger partial charge in [-0.1, -0.05) is 19.8 Å². The van der Waals surface area contributed by atoms with Crippen molar-refractivity contribution in [3.63, 3.8) is 0 Å². The molecule has 0 aliphatic heterocycles. The Hall–Kier alpha value is -0.860. The quantitative estimate of drug-likeness (QED) is 0.773. The van der Waals surface area contributed by atoms with Gasteiger partial charge in [0.1, 0.15) is 5.78 Å². The SMILES string of the molecule is CC(=O)CCC(=O)NC1CCCCC1C. The molecule has 0 spiro atoms. The molecule has 1 amide bonds. The summed E-state index contributed by atoms with van der Waals surface area (Å²) in [7, 11) is 0. The van der Waals surface area contributed by atoms with Gasteiger partial charge in [-0.15, -0.1) is 0 Å². The van der Waals surface area contributed by atoms with Crippen LogP contribution in [0.1, 0.15) is 52.4 Å². The first-order valence-electron chi connectivity index (χ1n) is 5.88. The number of rotatable bonds is 4. The van der Waals surface area contributed by atoms with Gasteiger partial charge in [0.25, 0.3) is 0 Å². The largest absolute Gasteiger partial charge is 0.353 e. The van der Waals surface area contributed by atoms with Gasteiger partial charge >= 0.3 is 0 Å². The average molecular weight is 211 g/mol. The van der Waals surface area contributed by atoms with Crippen LogP contribution in [0.3, 0.4) is 0 Å². The predicted molar refractivity (Wildman–Crippen MR) is 59.5 cm³/mol. The third-order valence-electron chi connectivity index (χ3n) is 3.16. The maximum Gasteiger partial charge on any atom is 0.220 e. The molecule has 86 valence electrons. The predicted octanol–water partition coefficient (Wildman–Crippen LogP) is 2.05. The van der Waals surface area contributed by atoms with E-state index in [1.807, 2.05) is 0 Å². The highest BCUT2D eigenvalue weighted by Crippen LogP contribution is 2.23. The van der Waals surface area contributed by atoms with Crippen LogP contribution in [-0.4, -0.2) is 17.7 Å². The van der Waals surface area contributed by atoms with Crippen molar-refractivity contribution < 1.29 is 9.59 Å². The van der Waals surface area contributed by atoms with Gasteiger partial charge < -0.3 is 10.1 Å². The zero-order chi connectivity index (χ0) is 11.3. The first kappa shape index (κ1) is 12.2. The third-order valence-corrected chi connectivity index (χ3v) is 3.16. The van der Waals surface area contributed by atoms with Gasteiger partial charge in [-0.2, -0.15) is 0 Å². The number of carbonyl (C=O) groups excluding carboxylic acids is 2. The molecule has 1 aliphatic rings. The summed E-state index contributed by atoms with van der Waals surface area (Å²) in [6, 6.07) is 0.332. The molecular weight excluding hydrogens is 190 g/mol. The van der Waals surface area contributed by atoms with Gasteiger partial charge in [0.15, 0.2) is 0 Å². The lowest BCUT2D eigenvalue weighted by atomic mass is 9.86. The molecule has 1 rings (SSSR count). The van der Waals surface area contributed by atoms with Crippen molar-refractivity contribution in [3.8, 4) is 0 Å². The second-order valence-corrected chi connectivity index (χ2v) is 4.64. The number of hydrogen-bond acceptors (Lipinski definition) is 2. The Kier molecular flexibility index (Phi) is 4.79. The summed E-state index contributed by atoms with van der Waals surface area (Å²) < 4.78 is 0. The Balaban J connectivity index is 2.26. The fraction of sp³-hybridized carbons (Fsp3) is 0.833. The van der Waals surface area contributed by atoms with E-state index >= 15 is 0 Å². The molecule has 1 saturated carbocycles. The van der Waals surface area contributed by atoms with Gasteiger partial charge in [-0.3, -0.25) is 4.79 Å². The molecule has 0 aromatic rings. The first-order chi connectivity index (χ1) is 7.09. The van der Waals surface area contributed by atoms with Crippen molar-refractivity contribution in [1.29, 1.82) is 0 Å². The molecule has 1 fully saturated rings. The monoisotopic (exact) mass is 211 g/mol. The van der Waals surface area contributed by atoms with Crippen LogP contribution in [0.5, 0.6) is 0 Å². The van der Waals surface area contributed by atoms with Crippen molar-refractivity contribution >= 4 is 11.7 Å². The van der Waals surface area contributed by atoms with Gasteiger partial charge in [0.2, 0.25) is 5.91 Å². The van der Waals surface area contributed by atoms with Crippen LogP contribution in [0, 0.1) is 5.92 Å². The van der Waals surface area contributed by atoms with Crippen LogP contribution in [-0.2, 0) is 9.59 Å². The van der Waals surface area contributed by atoms with E-state index in [1.165, 1.54) is 26.2 Å². The summed E-state index contributed by atoms with van der Waals surface area (Å²) in [6.45, 7) is 3.71. The summed E-state index contributed by atoms with van der Waals surface area (Å²) >= 11 is 0. The van der Waals surface area contributed by atoms with Crippen molar-refractivity contribution in [2.45, 2.75) is 58.4 Å². The highest BCUT2D eigenvalue weighted by molar-refractivity contribution is 5.83. The summed E-state index contributed by atoms with van der Waals surface area (Å²) in [5.41, 5.74) is 0. The summed E-state index contributed by atoms with van der Waals surface area (Å²) in [5, 5.41) is 3.03. The number of Topliss-reactive ketones (excluding diaryl/α,β-unsaturated/α-hetero) is 1. The second-order valence-electron chi connectivity index (χ2n) is 4.64. The fourth-order valence-corrected chi connectivity index (χ4v) is 2.10. The highest BCUT2D eigenvalue weighted by Gasteiger charge is 2.22. The molecule has 0 radical (unpaired) electrons. The van der Waals surface area contributed by atoms with Crippen LogP contribution < -0.4 is 5.32 Å². The lowest BCUT2D eigenvalue weighted by Crippen LogP contribution is -2.41. The Morgan fingerprint density at radius 3 is 2.47 bits per heavy atom. The maximum absolute atomic E-state index is 11.5. The van der Waals surface area contributed by atoms with E-state index in [2.05, 4.69) is 12.2 Å². The number of ketones is 1. The van der Waals surface area contributed by atoms with E-state index in [0.717, 1.165) is 6.42 Å². The minimum absolute atomic E-state index is 0.0314. The summed E-state index contributed by atoms with van der Waals surface area (Å²) in [4.78, 5) is 22.2. The first-order valence-corrected chi connectivity index (χ1v) is 5.88. The minimum Gasteiger partial charge on any atom is -0.353 e. The van der Waals surface area contributed by atoms with E-state index in [0.29, 0.717) is 24.8 Å². The van der Waals surface area contributed by atoms with Gasteiger partial charge in [0, 0.05) is 18.9 Å². The molecule has 0 bridgehead atoms. The molecule has 1 aliphatic carbocycles. The van der Waals surface area contributed by atoms with E-state index in [-0.39, 0.29) is 11.7 Å². The van der Waals surface area contributed by atoms with E-state index in [4.69, 9.17) is 0 Å². The number of hydrogen-bond donors (Lipinski definition) is 1. The molecule has 2 atom stereocenters. The van der Waals surface area contributed by atoms with Gasteiger partial charge in [-0.25, -0.2) is 0 Å². The van der Waals surface area contributed by atoms with E-state index in [1.54, 1.807) is 0 Å². The van der Waals surface area contributed by atoms with Gasteiger partial charge in [-0.05, 0) is 25.7 Å². The van der Waals surface area contributed by atoms with Crippen molar-refractivity contribution in [2.75, 3.05) is 0 Å². The molecule has 15 heavy (non-hydrogen) atoms. The second kappa shape index (κ2) is 5.89. The number of carbonyl (C=O) groups is 2. The van der Waals surface area contributed by atoms with Crippen LogP contribution in [0.4, 0.5) is 0 Å². The van der Waals surface area contributed by atoms with E-state index in [9.17, 15) is 9.59 Å². The van der Waals surface area contributed by atoms with Crippen molar-refractivity contribution in [2.24, 2.45) is 5.92 Å². The summed E-state index contributed by atoms with van der Waals surface area (Å²) in [6.07, 6.45) is 5.50. The molecule has 0 aromatic heterocycles. The van der Waals surface area contributed by atoms with Crippen LogP contribution in [0.15, 0.2) is 0 Å². The summed E-state index contributed by atoms with van der Waals surface area (Å²) in [5.74, 6) is 0.700. The van der Waals surface area contributed by atoms with Gasteiger partial charge in [0.05, 0.1) is 0 Å². The Morgan fingerprint density at radius 2 is 1.87 bits per heavy atom. The lowest BCUT2D eigenvalue weighted by molar-refractivity contribution is -0.125. The molecule has 0 aromatic carbocycles. The zero-order valence-corrected chi connectivity index (χ0v) is 9.71. The standard InChI is InChI=1S/C12H21NO2/c1-9-5-3-4-6-11(9)13-12(15)8-7-10(2)14/h9,11H,3-8H2,1-2H3,(H,13,15). The lowest BCUT2D eigenvalue weighted by Gasteiger charge is -2.29. The smallest absolute Gasteiger partial charge is 0.220 e. The molecule has 3 nitrogen and oxygen atoms in total. The highest BCUT2D eigenvalue weighted by atomic mass is 16.2. The van der Waals surface area contributed by atoms with Crippen molar-refractivity contribution in [3.05, 3.63) is 0 Å². The molecule has 2 unspecified atom stereocenters. The average Bonchev–Trinajstić information content (AvgIpc) is 2.18. The minimum atomic E-state index is 0.0314. The molecule has 1 N–H and O–H groups in total. The Morgan fingerprint density at radius 1 is 1.20 bits per heavy atom. The Labute approximate surface area is 91.6 Å². The van der Waals surface area contributed by atoms with Crippen LogP contribution in [0.2, 0.25) is 0 Å². The van der Waals surface area contributed by atoms with Crippen LogP contribution in [0.25, 0.3) is 0 Å². The fourth-order valence-electron chi connectivity index (χ4n) is 2.10. The topological polar surface area (TPSA) is 46.2 Å². The maximum atomic E-state index is 11.5. The Bertz CT molecular complexity index is 238. The zero-order valence-electron chi connectivity index (χ0n) is 9.71. The van der Waals surface area contributed by atoms with Crippen LogP contribution >= 0.6 is 0 Å².